The van der Waals surface area contributed by atoms with E-state index in [1.807, 2.05) is 55.5 Å². The second kappa shape index (κ2) is 8.11. The van der Waals surface area contributed by atoms with Crippen molar-refractivity contribution in [3.05, 3.63) is 77.7 Å². The molecule has 0 spiro atoms. The standard InChI is InChI=1S/C20H20N4O2/c1-14-8-9-18(26-2)16(10-14)24-20(25)17-12-23-19(13-21-17)22-11-15-6-4-3-5-7-15/h3-10,12-13H,11H2,1-2H3,(H,22,23)(H,24,25). The number of nitrogens with one attached hydrogen (secondary N) is 2. The quantitative estimate of drug-likeness (QED) is 0.711. The number of amides is 1. The Morgan fingerprint density at radius 3 is 2.58 bits per heavy atom. The van der Waals surface area contributed by atoms with Crippen molar-refractivity contribution < 1.29 is 9.53 Å². The number of anilines is 2. The van der Waals surface area contributed by atoms with Crippen molar-refractivity contribution in [2.24, 2.45) is 0 Å². The van der Waals surface area contributed by atoms with Gasteiger partial charge in [0.05, 0.1) is 25.2 Å². The SMILES string of the molecule is COc1ccc(C)cc1NC(=O)c1cnc(NCc2ccccc2)cn1. The molecule has 6 nitrogen and oxygen atoms in total. The molecule has 0 saturated heterocycles. The van der Waals surface area contributed by atoms with Gasteiger partial charge in [0, 0.05) is 6.54 Å². The number of aromatic nitrogens is 2. The number of carbonyl (C=O) groups is 1. The first-order chi connectivity index (χ1) is 12.7. The van der Waals surface area contributed by atoms with Crippen molar-refractivity contribution in [3.63, 3.8) is 0 Å². The normalized spacial score (nSPS) is 10.2. The minimum absolute atomic E-state index is 0.235. The molecule has 2 aromatic carbocycles. The van der Waals surface area contributed by atoms with Crippen LogP contribution in [0.25, 0.3) is 0 Å². The van der Waals surface area contributed by atoms with Gasteiger partial charge in [0.15, 0.2) is 0 Å². The lowest BCUT2D eigenvalue weighted by atomic mass is 10.2. The van der Waals surface area contributed by atoms with Crippen LogP contribution in [0.4, 0.5) is 11.5 Å². The Balaban J connectivity index is 1.64. The first-order valence-corrected chi connectivity index (χ1v) is 8.21. The van der Waals surface area contributed by atoms with Crippen LogP contribution in [0.5, 0.6) is 5.75 Å². The Hall–Kier alpha value is -3.41. The summed E-state index contributed by atoms with van der Waals surface area (Å²) in [5, 5.41) is 5.99. The maximum absolute atomic E-state index is 12.4. The predicted molar refractivity (Wildman–Crippen MR) is 101 cm³/mol. The molecule has 0 fully saturated rings. The van der Waals surface area contributed by atoms with Gasteiger partial charge in [-0.25, -0.2) is 9.97 Å². The molecule has 1 aromatic heterocycles. The minimum Gasteiger partial charge on any atom is -0.495 e. The van der Waals surface area contributed by atoms with E-state index in [9.17, 15) is 4.79 Å². The van der Waals surface area contributed by atoms with Gasteiger partial charge in [-0.3, -0.25) is 4.79 Å². The smallest absolute Gasteiger partial charge is 0.275 e. The van der Waals surface area contributed by atoms with Crippen LogP contribution in [0.2, 0.25) is 0 Å². The number of methoxy groups -OCH3 is 1. The van der Waals surface area contributed by atoms with Gasteiger partial charge in [0.1, 0.15) is 17.3 Å². The summed E-state index contributed by atoms with van der Waals surface area (Å²) in [6.07, 6.45) is 3.00. The maximum Gasteiger partial charge on any atom is 0.275 e. The first-order valence-electron chi connectivity index (χ1n) is 8.21. The number of benzene rings is 2. The molecule has 0 saturated carbocycles. The first kappa shape index (κ1) is 17.4. The highest BCUT2D eigenvalue weighted by molar-refractivity contribution is 6.03. The van der Waals surface area contributed by atoms with E-state index in [1.54, 1.807) is 13.3 Å². The number of hydrogen-bond donors (Lipinski definition) is 2. The van der Waals surface area contributed by atoms with E-state index in [4.69, 9.17) is 4.74 Å². The van der Waals surface area contributed by atoms with Gasteiger partial charge in [-0.1, -0.05) is 36.4 Å². The van der Waals surface area contributed by atoms with Gasteiger partial charge in [0.25, 0.3) is 5.91 Å². The molecule has 3 rings (SSSR count). The van der Waals surface area contributed by atoms with E-state index in [2.05, 4.69) is 20.6 Å². The molecular formula is C20H20N4O2. The van der Waals surface area contributed by atoms with E-state index in [0.717, 1.165) is 11.1 Å². The van der Waals surface area contributed by atoms with E-state index in [-0.39, 0.29) is 11.6 Å². The van der Waals surface area contributed by atoms with Crippen LogP contribution in [0.3, 0.4) is 0 Å². The van der Waals surface area contributed by atoms with E-state index >= 15 is 0 Å². The topological polar surface area (TPSA) is 76.1 Å². The number of aryl methyl sites for hydroxylation is 1. The van der Waals surface area contributed by atoms with E-state index < -0.39 is 0 Å². The van der Waals surface area contributed by atoms with E-state index in [1.165, 1.54) is 6.20 Å². The van der Waals surface area contributed by atoms with Crippen LogP contribution in [0.15, 0.2) is 60.9 Å². The molecule has 0 unspecified atom stereocenters. The zero-order valence-electron chi connectivity index (χ0n) is 14.7. The fourth-order valence-corrected chi connectivity index (χ4v) is 2.43. The van der Waals surface area contributed by atoms with Crippen molar-refractivity contribution in [1.82, 2.24) is 9.97 Å². The predicted octanol–water partition coefficient (Wildman–Crippen LogP) is 3.66. The van der Waals surface area contributed by atoms with Crippen molar-refractivity contribution in [2.75, 3.05) is 17.7 Å². The molecule has 1 heterocycles. The number of carbonyl (C=O) groups excluding carboxylic acids is 1. The fraction of sp³-hybridized carbons (Fsp3) is 0.150. The molecule has 0 aliphatic carbocycles. The summed E-state index contributed by atoms with van der Waals surface area (Å²) >= 11 is 0. The molecule has 0 atom stereocenters. The summed E-state index contributed by atoms with van der Waals surface area (Å²) in [5.41, 5.74) is 3.00. The third kappa shape index (κ3) is 4.36. The Labute approximate surface area is 152 Å². The third-order valence-electron chi connectivity index (χ3n) is 3.80. The zero-order chi connectivity index (χ0) is 18.4. The van der Waals surface area contributed by atoms with Crippen molar-refractivity contribution in [3.8, 4) is 5.75 Å². The molecule has 6 heteroatoms. The molecule has 132 valence electrons. The summed E-state index contributed by atoms with van der Waals surface area (Å²) in [5.74, 6) is 0.868. The second-order valence-electron chi connectivity index (χ2n) is 5.78. The number of nitrogens with zero attached hydrogens (tertiary/aromatic N) is 2. The highest BCUT2D eigenvalue weighted by atomic mass is 16.5. The summed E-state index contributed by atoms with van der Waals surface area (Å²) < 4.78 is 5.27. The van der Waals surface area contributed by atoms with Crippen LogP contribution in [0, 0.1) is 6.92 Å². The average molecular weight is 348 g/mol. The second-order valence-corrected chi connectivity index (χ2v) is 5.78. The molecule has 3 aromatic rings. The molecule has 26 heavy (non-hydrogen) atoms. The van der Waals surface area contributed by atoms with Gasteiger partial charge in [-0.15, -0.1) is 0 Å². The third-order valence-corrected chi connectivity index (χ3v) is 3.80. The van der Waals surface area contributed by atoms with Gasteiger partial charge in [-0.05, 0) is 30.2 Å². The number of ether oxygens (including phenoxy) is 1. The Kier molecular flexibility index (Phi) is 5.43. The van der Waals surface area contributed by atoms with Crippen LogP contribution >= 0.6 is 0 Å². The maximum atomic E-state index is 12.4. The van der Waals surface area contributed by atoms with Gasteiger partial charge >= 0.3 is 0 Å². The molecule has 0 aliphatic heterocycles. The zero-order valence-corrected chi connectivity index (χ0v) is 14.7. The van der Waals surface area contributed by atoms with Crippen molar-refractivity contribution >= 4 is 17.4 Å². The number of rotatable bonds is 6. The monoisotopic (exact) mass is 348 g/mol. The molecular weight excluding hydrogens is 328 g/mol. The summed E-state index contributed by atoms with van der Waals surface area (Å²) in [6.45, 7) is 2.59. The van der Waals surface area contributed by atoms with Gasteiger partial charge < -0.3 is 15.4 Å². The van der Waals surface area contributed by atoms with Crippen LogP contribution in [-0.4, -0.2) is 23.0 Å². The van der Waals surface area contributed by atoms with Crippen molar-refractivity contribution in [1.29, 1.82) is 0 Å². The lowest BCUT2D eigenvalue weighted by molar-refractivity contribution is 0.102. The van der Waals surface area contributed by atoms with Crippen LogP contribution in [0.1, 0.15) is 21.6 Å². The Morgan fingerprint density at radius 2 is 1.88 bits per heavy atom. The summed E-state index contributed by atoms with van der Waals surface area (Å²) in [7, 11) is 1.56. The molecule has 0 aliphatic rings. The Bertz CT molecular complexity index is 880. The molecule has 0 bridgehead atoms. The fourth-order valence-electron chi connectivity index (χ4n) is 2.43. The van der Waals surface area contributed by atoms with Gasteiger partial charge in [0.2, 0.25) is 0 Å². The van der Waals surface area contributed by atoms with Gasteiger partial charge in [-0.2, -0.15) is 0 Å². The van der Waals surface area contributed by atoms with Crippen molar-refractivity contribution in [2.45, 2.75) is 13.5 Å². The highest BCUT2D eigenvalue weighted by Gasteiger charge is 2.12. The number of hydrogen-bond acceptors (Lipinski definition) is 5. The molecule has 2 N–H and O–H groups in total. The lowest BCUT2D eigenvalue weighted by Gasteiger charge is -2.11. The minimum atomic E-state index is -0.337. The largest absolute Gasteiger partial charge is 0.495 e. The summed E-state index contributed by atoms with van der Waals surface area (Å²) in [6, 6.07) is 15.6. The lowest BCUT2D eigenvalue weighted by Crippen LogP contribution is -2.15. The summed E-state index contributed by atoms with van der Waals surface area (Å²) in [4.78, 5) is 20.8. The average Bonchev–Trinajstić information content (AvgIpc) is 2.68. The molecule has 0 radical (unpaired) electrons. The highest BCUT2D eigenvalue weighted by Crippen LogP contribution is 2.25. The van der Waals surface area contributed by atoms with Crippen LogP contribution < -0.4 is 15.4 Å². The Morgan fingerprint density at radius 1 is 1.08 bits per heavy atom. The van der Waals surface area contributed by atoms with E-state index in [0.29, 0.717) is 23.8 Å². The molecule has 1 amide bonds. The van der Waals surface area contributed by atoms with Crippen LogP contribution in [-0.2, 0) is 6.54 Å².